The van der Waals surface area contributed by atoms with Gasteiger partial charge in [0.2, 0.25) is 5.91 Å². The van der Waals surface area contributed by atoms with E-state index >= 15 is 0 Å². The van der Waals surface area contributed by atoms with Crippen LogP contribution in [0.15, 0.2) is 0 Å². The highest BCUT2D eigenvalue weighted by Crippen LogP contribution is 2.31. The standard InChI is InChI=1S/C15H28N2O3/c1-11-3-4-12(16)9-13(11)14(18)17(2)10-15(19)5-7-20-8-6-15/h11-13,19H,3-10,16H2,1-2H3. The van der Waals surface area contributed by atoms with E-state index in [0.29, 0.717) is 38.5 Å². The molecule has 0 aromatic rings. The molecule has 116 valence electrons. The van der Waals surface area contributed by atoms with Gasteiger partial charge in [0.15, 0.2) is 0 Å². The summed E-state index contributed by atoms with van der Waals surface area (Å²) in [4.78, 5) is 14.3. The van der Waals surface area contributed by atoms with E-state index in [9.17, 15) is 9.90 Å². The van der Waals surface area contributed by atoms with Gasteiger partial charge >= 0.3 is 0 Å². The summed E-state index contributed by atoms with van der Waals surface area (Å²) in [7, 11) is 1.79. The van der Waals surface area contributed by atoms with E-state index in [4.69, 9.17) is 10.5 Å². The number of likely N-dealkylation sites (N-methyl/N-ethyl adjacent to an activating group) is 1. The van der Waals surface area contributed by atoms with Gasteiger partial charge in [0, 0.05) is 51.6 Å². The highest BCUT2D eigenvalue weighted by atomic mass is 16.5. The van der Waals surface area contributed by atoms with Crippen LogP contribution in [0.1, 0.15) is 39.0 Å². The number of aliphatic hydroxyl groups is 1. The topological polar surface area (TPSA) is 75.8 Å². The van der Waals surface area contributed by atoms with Crippen LogP contribution >= 0.6 is 0 Å². The lowest BCUT2D eigenvalue weighted by Crippen LogP contribution is -2.50. The molecular formula is C15H28N2O3. The van der Waals surface area contributed by atoms with Crippen molar-refractivity contribution in [1.29, 1.82) is 0 Å². The highest BCUT2D eigenvalue weighted by Gasteiger charge is 2.37. The van der Waals surface area contributed by atoms with Gasteiger partial charge in [-0.1, -0.05) is 6.92 Å². The van der Waals surface area contributed by atoms with Gasteiger partial charge < -0.3 is 20.5 Å². The second kappa shape index (κ2) is 6.41. The number of ether oxygens (including phenoxy) is 1. The van der Waals surface area contributed by atoms with Gasteiger partial charge in [0.05, 0.1) is 5.60 Å². The minimum Gasteiger partial charge on any atom is -0.388 e. The van der Waals surface area contributed by atoms with E-state index in [0.717, 1.165) is 19.3 Å². The summed E-state index contributed by atoms with van der Waals surface area (Å²) in [5.41, 5.74) is 5.21. The van der Waals surface area contributed by atoms with Crippen LogP contribution in [0.25, 0.3) is 0 Å². The minimum atomic E-state index is -0.789. The van der Waals surface area contributed by atoms with E-state index in [-0.39, 0.29) is 17.9 Å². The Balaban J connectivity index is 1.93. The largest absolute Gasteiger partial charge is 0.388 e. The molecule has 3 unspecified atom stereocenters. The maximum absolute atomic E-state index is 12.6. The molecule has 1 saturated heterocycles. The molecule has 5 heteroatoms. The summed E-state index contributed by atoms with van der Waals surface area (Å²) >= 11 is 0. The SMILES string of the molecule is CC1CCC(N)CC1C(=O)N(C)CC1(O)CCOCC1. The normalized spacial score (nSPS) is 33.7. The zero-order chi connectivity index (χ0) is 14.8. The Morgan fingerprint density at radius 2 is 2.05 bits per heavy atom. The van der Waals surface area contributed by atoms with Crippen LogP contribution in [0.5, 0.6) is 0 Å². The van der Waals surface area contributed by atoms with Gasteiger partial charge in [-0.2, -0.15) is 0 Å². The average molecular weight is 284 g/mol. The van der Waals surface area contributed by atoms with Crippen LogP contribution in [-0.2, 0) is 9.53 Å². The zero-order valence-electron chi connectivity index (χ0n) is 12.7. The van der Waals surface area contributed by atoms with E-state index in [2.05, 4.69) is 6.92 Å². The second-order valence-corrected chi connectivity index (χ2v) is 6.69. The first-order chi connectivity index (χ1) is 9.41. The smallest absolute Gasteiger partial charge is 0.225 e. The summed E-state index contributed by atoms with van der Waals surface area (Å²) < 4.78 is 5.27. The van der Waals surface area contributed by atoms with E-state index < -0.39 is 5.60 Å². The van der Waals surface area contributed by atoms with Crippen molar-refractivity contribution in [3.8, 4) is 0 Å². The molecule has 0 bridgehead atoms. The lowest BCUT2D eigenvalue weighted by Gasteiger charge is -2.39. The van der Waals surface area contributed by atoms with Gasteiger partial charge in [0.1, 0.15) is 0 Å². The maximum atomic E-state index is 12.6. The number of rotatable bonds is 3. The van der Waals surface area contributed by atoms with Crippen LogP contribution in [0.2, 0.25) is 0 Å². The summed E-state index contributed by atoms with van der Waals surface area (Å²) in [5.74, 6) is 0.522. The number of amides is 1. The molecular weight excluding hydrogens is 256 g/mol. The lowest BCUT2D eigenvalue weighted by molar-refractivity contribution is -0.143. The molecule has 0 aromatic heterocycles. The summed E-state index contributed by atoms with van der Waals surface area (Å²) in [6.07, 6.45) is 4.00. The van der Waals surface area contributed by atoms with Crippen LogP contribution in [0.4, 0.5) is 0 Å². The predicted molar refractivity (Wildman–Crippen MR) is 77.1 cm³/mol. The molecule has 5 nitrogen and oxygen atoms in total. The van der Waals surface area contributed by atoms with E-state index in [1.54, 1.807) is 11.9 Å². The number of hydrogen-bond donors (Lipinski definition) is 2. The number of carbonyl (C=O) groups is 1. The molecule has 3 N–H and O–H groups in total. The molecule has 1 saturated carbocycles. The fraction of sp³-hybridized carbons (Fsp3) is 0.933. The summed E-state index contributed by atoms with van der Waals surface area (Å²) in [6.45, 7) is 3.67. The Morgan fingerprint density at radius 1 is 1.40 bits per heavy atom. The fourth-order valence-electron chi connectivity index (χ4n) is 3.41. The van der Waals surface area contributed by atoms with Crippen LogP contribution in [-0.4, -0.2) is 54.4 Å². The summed E-state index contributed by atoms with van der Waals surface area (Å²) in [5, 5.41) is 10.5. The van der Waals surface area contributed by atoms with Crippen molar-refractivity contribution in [2.45, 2.75) is 50.7 Å². The van der Waals surface area contributed by atoms with Crippen molar-refractivity contribution in [3.63, 3.8) is 0 Å². The monoisotopic (exact) mass is 284 g/mol. The number of hydrogen-bond acceptors (Lipinski definition) is 4. The third kappa shape index (κ3) is 3.71. The zero-order valence-corrected chi connectivity index (χ0v) is 12.7. The molecule has 2 aliphatic rings. The van der Waals surface area contributed by atoms with E-state index in [1.807, 2.05) is 0 Å². The van der Waals surface area contributed by atoms with Crippen molar-refractivity contribution in [1.82, 2.24) is 4.90 Å². The van der Waals surface area contributed by atoms with Crippen LogP contribution < -0.4 is 5.73 Å². The van der Waals surface area contributed by atoms with Crippen molar-refractivity contribution < 1.29 is 14.6 Å². The van der Waals surface area contributed by atoms with Crippen LogP contribution in [0.3, 0.4) is 0 Å². The Hall–Kier alpha value is -0.650. The minimum absolute atomic E-state index is 0.00666. The Morgan fingerprint density at radius 3 is 2.70 bits per heavy atom. The third-order valence-corrected chi connectivity index (χ3v) is 4.88. The number of nitrogens with two attached hydrogens (primary N) is 1. The molecule has 20 heavy (non-hydrogen) atoms. The van der Waals surface area contributed by atoms with Gasteiger partial charge in [-0.15, -0.1) is 0 Å². The van der Waals surface area contributed by atoms with Crippen molar-refractivity contribution in [3.05, 3.63) is 0 Å². The molecule has 0 spiro atoms. The van der Waals surface area contributed by atoms with Gasteiger partial charge in [-0.25, -0.2) is 0 Å². The molecule has 1 aliphatic heterocycles. The van der Waals surface area contributed by atoms with Crippen molar-refractivity contribution in [2.24, 2.45) is 17.6 Å². The maximum Gasteiger partial charge on any atom is 0.225 e. The first-order valence-corrected chi connectivity index (χ1v) is 7.72. The molecule has 0 radical (unpaired) electrons. The third-order valence-electron chi connectivity index (χ3n) is 4.88. The molecule has 3 atom stereocenters. The Kier molecular flexibility index (Phi) is 5.04. The Bertz CT molecular complexity index is 342. The molecule has 1 heterocycles. The van der Waals surface area contributed by atoms with Gasteiger partial charge in [0.25, 0.3) is 0 Å². The van der Waals surface area contributed by atoms with E-state index in [1.165, 1.54) is 0 Å². The number of carbonyl (C=O) groups excluding carboxylic acids is 1. The van der Waals surface area contributed by atoms with Crippen molar-refractivity contribution in [2.75, 3.05) is 26.8 Å². The highest BCUT2D eigenvalue weighted by molar-refractivity contribution is 5.79. The van der Waals surface area contributed by atoms with Crippen molar-refractivity contribution >= 4 is 5.91 Å². The molecule has 0 aromatic carbocycles. The average Bonchev–Trinajstić information content (AvgIpc) is 2.41. The quantitative estimate of drug-likeness (QED) is 0.802. The first kappa shape index (κ1) is 15.7. The first-order valence-electron chi connectivity index (χ1n) is 7.72. The second-order valence-electron chi connectivity index (χ2n) is 6.69. The molecule has 2 rings (SSSR count). The molecule has 1 amide bonds. The Labute approximate surface area is 121 Å². The number of nitrogens with zero attached hydrogens (tertiary/aromatic N) is 1. The lowest BCUT2D eigenvalue weighted by atomic mass is 9.77. The van der Waals surface area contributed by atoms with Gasteiger partial charge in [-0.05, 0) is 25.2 Å². The molecule has 2 fully saturated rings. The predicted octanol–water partition coefficient (Wildman–Crippen LogP) is 0.750. The fourth-order valence-corrected chi connectivity index (χ4v) is 3.41. The molecule has 1 aliphatic carbocycles. The van der Waals surface area contributed by atoms with Gasteiger partial charge in [-0.3, -0.25) is 4.79 Å². The summed E-state index contributed by atoms with van der Waals surface area (Å²) in [6, 6.07) is 0.139. The van der Waals surface area contributed by atoms with Crippen LogP contribution in [0, 0.1) is 11.8 Å².